The lowest BCUT2D eigenvalue weighted by Gasteiger charge is -2.07. The maximum Gasteiger partial charge on any atom is 0.153 e. The van der Waals surface area contributed by atoms with Crippen LogP contribution in [0.1, 0.15) is 10.4 Å². The van der Waals surface area contributed by atoms with Crippen molar-refractivity contribution in [2.24, 2.45) is 0 Å². The zero-order valence-corrected chi connectivity index (χ0v) is 9.28. The molecule has 0 spiro atoms. The summed E-state index contributed by atoms with van der Waals surface area (Å²) >= 11 is 5.91. The van der Waals surface area contributed by atoms with Crippen LogP contribution in [-0.4, -0.2) is 23.6 Å². The van der Waals surface area contributed by atoms with Crippen molar-refractivity contribution < 1.29 is 9.53 Å². The van der Waals surface area contributed by atoms with Crippen molar-refractivity contribution in [3.05, 3.63) is 35.0 Å². The van der Waals surface area contributed by atoms with E-state index in [0.717, 1.165) is 11.8 Å². The summed E-state index contributed by atoms with van der Waals surface area (Å²) in [6.07, 6.45) is 2.20. The van der Waals surface area contributed by atoms with E-state index in [-0.39, 0.29) is 0 Å². The van der Waals surface area contributed by atoms with Crippen LogP contribution < -0.4 is 4.74 Å². The zero-order valence-electron chi connectivity index (χ0n) is 8.53. The molecule has 0 atom stereocenters. The molecule has 4 nitrogen and oxygen atoms in total. The van der Waals surface area contributed by atoms with Gasteiger partial charge in [-0.15, -0.1) is 0 Å². The number of hydrogen-bond acceptors (Lipinski definition) is 3. The van der Waals surface area contributed by atoms with Gasteiger partial charge in [-0.05, 0) is 18.2 Å². The first-order valence-electron chi connectivity index (χ1n) is 4.58. The Balaban J connectivity index is 2.62. The fourth-order valence-electron chi connectivity index (χ4n) is 1.48. The van der Waals surface area contributed by atoms with Crippen LogP contribution in [-0.2, 0) is 0 Å². The molecular formula is C11H9ClN2O2. The summed E-state index contributed by atoms with van der Waals surface area (Å²) in [5, 5.41) is 7.15. The Labute approximate surface area is 97.2 Å². The van der Waals surface area contributed by atoms with E-state index >= 15 is 0 Å². The van der Waals surface area contributed by atoms with Crippen LogP contribution in [0.4, 0.5) is 0 Å². The van der Waals surface area contributed by atoms with Gasteiger partial charge >= 0.3 is 0 Å². The lowest BCUT2D eigenvalue weighted by atomic mass is 10.1. The Morgan fingerprint density at radius 1 is 1.50 bits per heavy atom. The second kappa shape index (κ2) is 4.37. The Hall–Kier alpha value is -1.81. The van der Waals surface area contributed by atoms with Crippen LogP contribution in [0.5, 0.6) is 5.75 Å². The van der Waals surface area contributed by atoms with Crippen LogP contribution in [0.25, 0.3) is 11.3 Å². The van der Waals surface area contributed by atoms with E-state index < -0.39 is 0 Å². The highest BCUT2D eigenvalue weighted by molar-refractivity contribution is 6.31. The molecule has 0 unspecified atom stereocenters. The van der Waals surface area contributed by atoms with Crippen molar-refractivity contribution >= 4 is 17.9 Å². The van der Waals surface area contributed by atoms with Crippen LogP contribution in [0.3, 0.4) is 0 Å². The minimum Gasteiger partial charge on any atom is -0.496 e. The summed E-state index contributed by atoms with van der Waals surface area (Å²) in [6.45, 7) is 0. The number of aromatic amines is 1. The molecule has 0 bridgehead atoms. The second-order valence-corrected chi connectivity index (χ2v) is 3.60. The molecule has 0 radical (unpaired) electrons. The van der Waals surface area contributed by atoms with Crippen LogP contribution in [0, 0.1) is 0 Å². The van der Waals surface area contributed by atoms with Crippen LogP contribution in [0.2, 0.25) is 5.02 Å². The van der Waals surface area contributed by atoms with Gasteiger partial charge in [-0.3, -0.25) is 9.89 Å². The smallest absolute Gasteiger partial charge is 0.153 e. The number of carbonyl (C=O) groups excluding carboxylic acids is 1. The van der Waals surface area contributed by atoms with E-state index in [0.29, 0.717) is 22.0 Å². The molecular weight excluding hydrogens is 228 g/mol. The monoisotopic (exact) mass is 236 g/mol. The normalized spacial score (nSPS) is 10.1. The number of nitrogens with one attached hydrogen (secondary N) is 1. The molecule has 0 amide bonds. The molecule has 0 aliphatic carbocycles. The number of hydrogen-bond donors (Lipinski definition) is 1. The van der Waals surface area contributed by atoms with Crippen molar-refractivity contribution in [1.82, 2.24) is 10.2 Å². The highest BCUT2D eigenvalue weighted by Gasteiger charge is 2.12. The number of benzene rings is 1. The molecule has 1 aromatic heterocycles. The third-order valence-corrected chi connectivity index (χ3v) is 2.46. The Morgan fingerprint density at radius 3 is 3.00 bits per heavy atom. The van der Waals surface area contributed by atoms with Gasteiger partial charge in [0.25, 0.3) is 0 Å². The summed E-state index contributed by atoms with van der Waals surface area (Å²) in [5.41, 5.74) is 1.80. The SMILES string of the molecule is COc1ccc(Cl)cc1-c1[nH]ncc1C=O. The number of carbonyl (C=O) groups is 1. The lowest BCUT2D eigenvalue weighted by Crippen LogP contribution is -1.90. The number of halogens is 1. The molecule has 0 aliphatic rings. The largest absolute Gasteiger partial charge is 0.496 e. The summed E-state index contributed by atoms with van der Waals surface area (Å²) in [4.78, 5) is 10.8. The van der Waals surface area contributed by atoms with Crippen molar-refractivity contribution in [3.63, 3.8) is 0 Å². The molecule has 0 aliphatic heterocycles. The number of H-pyrrole nitrogens is 1. The van der Waals surface area contributed by atoms with Gasteiger partial charge in [-0.2, -0.15) is 5.10 Å². The quantitative estimate of drug-likeness (QED) is 0.834. The molecule has 1 N–H and O–H groups in total. The molecule has 2 rings (SSSR count). The minimum absolute atomic E-state index is 0.473. The van der Waals surface area contributed by atoms with E-state index in [9.17, 15) is 4.79 Å². The van der Waals surface area contributed by atoms with Gasteiger partial charge in [0.2, 0.25) is 0 Å². The third kappa shape index (κ3) is 1.79. The van der Waals surface area contributed by atoms with Gasteiger partial charge in [0.15, 0.2) is 6.29 Å². The van der Waals surface area contributed by atoms with E-state index in [1.807, 2.05) is 0 Å². The predicted octanol–water partition coefficient (Wildman–Crippen LogP) is 2.55. The molecule has 82 valence electrons. The number of aldehydes is 1. The van der Waals surface area contributed by atoms with Gasteiger partial charge < -0.3 is 4.74 Å². The third-order valence-electron chi connectivity index (χ3n) is 2.23. The van der Waals surface area contributed by atoms with Crippen LogP contribution >= 0.6 is 11.6 Å². The molecule has 0 saturated heterocycles. The first-order valence-corrected chi connectivity index (χ1v) is 4.96. The molecule has 1 aromatic carbocycles. The predicted molar refractivity (Wildman–Crippen MR) is 61.0 cm³/mol. The van der Waals surface area contributed by atoms with E-state index in [4.69, 9.17) is 16.3 Å². The van der Waals surface area contributed by atoms with Gasteiger partial charge in [0.05, 0.1) is 24.6 Å². The number of aromatic nitrogens is 2. The van der Waals surface area contributed by atoms with Crippen molar-refractivity contribution in [1.29, 1.82) is 0 Å². The first-order chi connectivity index (χ1) is 7.76. The average molecular weight is 237 g/mol. The van der Waals surface area contributed by atoms with E-state index in [2.05, 4.69) is 10.2 Å². The first kappa shape index (κ1) is 10.7. The Morgan fingerprint density at radius 2 is 2.31 bits per heavy atom. The summed E-state index contributed by atoms with van der Waals surface area (Å²) in [6, 6.07) is 5.19. The Kier molecular flexibility index (Phi) is 2.92. The molecule has 16 heavy (non-hydrogen) atoms. The van der Waals surface area contributed by atoms with E-state index in [1.165, 1.54) is 6.20 Å². The average Bonchev–Trinajstić information content (AvgIpc) is 2.76. The summed E-state index contributed by atoms with van der Waals surface area (Å²) in [7, 11) is 1.56. The number of nitrogens with zero attached hydrogens (tertiary/aromatic N) is 1. The number of rotatable bonds is 3. The molecule has 2 aromatic rings. The molecule has 5 heteroatoms. The molecule has 0 saturated carbocycles. The van der Waals surface area contributed by atoms with Gasteiger partial charge in [0, 0.05) is 10.6 Å². The topological polar surface area (TPSA) is 55.0 Å². The summed E-state index contributed by atoms with van der Waals surface area (Å²) in [5.74, 6) is 0.636. The van der Waals surface area contributed by atoms with Crippen molar-refractivity contribution in [2.75, 3.05) is 7.11 Å². The standard InChI is InChI=1S/C11H9ClN2O2/c1-16-10-3-2-8(12)4-9(10)11-7(6-15)5-13-14-11/h2-6H,1H3,(H,13,14). The fraction of sp³-hybridized carbons (Fsp3) is 0.0909. The zero-order chi connectivity index (χ0) is 11.5. The second-order valence-electron chi connectivity index (χ2n) is 3.16. The number of methoxy groups -OCH3 is 1. The lowest BCUT2D eigenvalue weighted by molar-refractivity contribution is 0.112. The molecule has 0 fully saturated rings. The van der Waals surface area contributed by atoms with Gasteiger partial charge in [-0.25, -0.2) is 0 Å². The Bertz CT molecular complexity index is 522. The molecule has 1 heterocycles. The van der Waals surface area contributed by atoms with Crippen molar-refractivity contribution in [2.45, 2.75) is 0 Å². The van der Waals surface area contributed by atoms with E-state index in [1.54, 1.807) is 25.3 Å². The minimum atomic E-state index is 0.473. The van der Waals surface area contributed by atoms with Crippen molar-refractivity contribution in [3.8, 4) is 17.0 Å². The maximum absolute atomic E-state index is 10.8. The number of ether oxygens (including phenoxy) is 1. The summed E-state index contributed by atoms with van der Waals surface area (Å²) < 4.78 is 5.20. The highest BCUT2D eigenvalue weighted by Crippen LogP contribution is 2.32. The van der Waals surface area contributed by atoms with Gasteiger partial charge in [-0.1, -0.05) is 11.6 Å². The maximum atomic E-state index is 10.8. The van der Waals surface area contributed by atoms with Gasteiger partial charge in [0.1, 0.15) is 5.75 Å². The highest BCUT2D eigenvalue weighted by atomic mass is 35.5. The van der Waals surface area contributed by atoms with Crippen LogP contribution in [0.15, 0.2) is 24.4 Å². The fourth-order valence-corrected chi connectivity index (χ4v) is 1.65.